The van der Waals surface area contributed by atoms with E-state index in [1.165, 1.54) is 11.1 Å². The van der Waals surface area contributed by atoms with Gasteiger partial charge in [0.1, 0.15) is 5.75 Å². The van der Waals surface area contributed by atoms with Crippen molar-refractivity contribution in [2.45, 2.75) is 40.0 Å². The highest BCUT2D eigenvalue weighted by atomic mass is 16.5. The second-order valence-corrected chi connectivity index (χ2v) is 5.06. The summed E-state index contributed by atoms with van der Waals surface area (Å²) in [5.74, 6) is 1.60. The smallest absolute Gasteiger partial charge is 0.122 e. The Hall–Kier alpha value is -0.980. The van der Waals surface area contributed by atoms with E-state index < -0.39 is 0 Å². The summed E-state index contributed by atoms with van der Waals surface area (Å²) in [4.78, 5) is 0. The summed E-state index contributed by atoms with van der Waals surface area (Å²) in [5.41, 5.74) is 2.74. The third-order valence-corrected chi connectivity index (χ3v) is 3.60. The molecule has 0 bridgehead atoms. The molecule has 0 unspecified atom stereocenters. The summed E-state index contributed by atoms with van der Waals surface area (Å²) >= 11 is 0. The van der Waals surface area contributed by atoms with Gasteiger partial charge in [-0.2, -0.15) is 0 Å². The fourth-order valence-electron chi connectivity index (χ4n) is 1.55. The fraction of sp³-hybridized carbons (Fsp3) is 0.571. The van der Waals surface area contributed by atoms with E-state index >= 15 is 0 Å². The van der Waals surface area contributed by atoms with E-state index in [9.17, 15) is 0 Å². The monoisotopic (exact) mass is 206 g/mol. The standard InChI is InChI=1S/C14H22O/c1-10(2)14(4,5)12-8-7-11(3)13(9-12)15-6/h7-10H,1-6H3. The topological polar surface area (TPSA) is 9.23 Å². The van der Waals surface area contributed by atoms with Gasteiger partial charge in [0.15, 0.2) is 0 Å². The zero-order valence-electron chi connectivity index (χ0n) is 10.7. The van der Waals surface area contributed by atoms with E-state index in [0.29, 0.717) is 5.92 Å². The highest BCUT2D eigenvalue weighted by Crippen LogP contribution is 2.34. The van der Waals surface area contributed by atoms with Crippen LogP contribution in [0.2, 0.25) is 0 Å². The second-order valence-electron chi connectivity index (χ2n) is 5.06. The Bertz CT molecular complexity index is 337. The molecule has 15 heavy (non-hydrogen) atoms. The molecule has 1 aromatic rings. The van der Waals surface area contributed by atoms with Crippen LogP contribution in [0.4, 0.5) is 0 Å². The van der Waals surface area contributed by atoms with Crippen molar-refractivity contribution < 1.29 is 4.74 Å². The molecule has 0 fully saturated rings. The van der Waals surface area contributed by atoms with Crippen LogP contribution in [0.1, 0.15) is 38.8 Å². The molecule has 0 atom stereocenters. The molecule has 1 heteroatoms. The molecule has 0 N–H and O–H groups in total. The van der Waals surface area contributed by atoms with Crippen molar-refractivity contribution >= 4 is 0 Å². The Balaban J connectivity index is 3.16. The van der Waals surface area contributed by atoms with Gasteiger partial charge in [-0.25, -0.2) is 0 Å². The molecule has 0 radical (unpaired) electrons. The molecular formula is C14H22O. The van der Waals surface area contributed by atoms with Crippen LogP contribution in [0.3, 0.4) is 0 Å². The van der Waals surface area contributed by atoms with E-state index in [2.05, 4.69) is 52.8 Å². The summed E-state index contributed by atoms with van der Waals surface area (Å²) in [5, 5.41) is 0. The minimum Gasteiger partial charge on any atom is -0.496 e. The molecule has 1 aromatic carbocycles. The Morgan fingerprint density at radius 1 is 1.20 bits per heavy atom. The van der Waals surface area contributed by atoms with E-state index in [0.717, 1.165) is 5.75 Å². The molecule has 84 valence electrons. The van der Waals surface area contributed by atoms with Gasteiger partial charge in [-0.15, -0.1) is 0 Å². The number of benzene rings is 1. The molecule has 0 spiro atoms. The molecule has 1 rings (SSSR count). The summed E-state index contributed by atoms with van der Waals surface area (Å²) in [6.07, 6.45) is 0. The first-order chi connectivity index (χ1) is 6.89. The van der Waals surface area contributed by atoms with Crippen LogP contribution < -0.4 is 4.74 Å². The van der Waals surface area contributed by atoms with Crippen LogP contribution >= 0.6 is 0 Å². The summed E-state index contributed by atoms with van der Waals surface area (Å²) in [7, 11) is 1.73. The van der Waals surface area contributed by atoms with Crippen LogP contribution in [0.15, 0.2) is 18.2 Å². The largest absolute Gasteiger partial charge is 0.496 e. The lowest BCUT2D eigenvalue weighted by molar-refractivity contribution is 0.366. The molecule has 1 nitrogen and oxygen atoms in total. The third-order valence-electron chi connectivity index (χ3n) is 3.60. The Morgan fingerprint density at radius 3 is 2.27 bits per heavy atom. The van der Waals surface area contributed by atoms with Gasteiger partial charge in [-0.05, 0) is 35.4 Å². The van der Waals surface area contributed by atoms with Crippen LogP contribution in [-0.4, -0.2) is 7.11 Å². The van der Waals surface area contributed by atoms with E-state index in [-0.39, 0.29) is 5.41 Å². The van der Waals surface area contributed by atoms with Crippen LogP contribution in [-0.2, 0) is 5.41 Å². The van der Waals surface area contributed by atoms with Crippen molar-refractivity contribution in [3.05, 3.63) is 29.3 Å². The van der Waals surface area contributed by atoms with Crippen LogP contribution in [0.25, 0.3) is 0 Å². The zero-order valence-corrected chi connectivity index (χ0v) is 10.7. The van der Waals surface area contributed by atoms with Gasteiger partial charge >= 0.3 is 0 Å². The number of rotatable bonds is 3. The van der Waals surface area contributed by atoms with Crippen LogP contribution in [0.5, 0.6) is 5.75 Å². The third kappa shape index (κ3) is 2.34. The predicted octanol–water partition coefficient (Wildman–Crippen LogP) is 3.94. The average Bonchev–Trinajstić information content (AvgIpc) is 2.18. The van der Waals surface area contributed by atoms with E-state index in [4.69, 9.17) is 4.74 Å². The van der Waals surface area contributed by atoms with Gasteiger partial charge < -0.3 is 4.74 Å². The summed E-state index contributed by atoms with van der Waals surface area (Å²) < 4.78 is 5.36. The predicted molar refractivity (Wildman–Crippen MR) is 65.6 cm³/mol. The maximum atomic E-state index is 5.36. The van der Waals surface area contributed by atoms with Crippen LogP contribution in [0, 0.1) is 12.8 Å². The second kappa shape index (κ2) is 4.26. The van der Waals surface area contributed by atoms with Crippen molar-refractivity contribution in [2.75, 3.05) is 7.11 Å². The van der Waals surface area contributed by atoms with Gasteiger partial charge in [0.2, 0.25) is 0 Å². The van der Waals surface area contributed by atoms with Crippen molar-refractivity contribution in [2.24, 2.45) is 5.92 Å². The Labute approximate surface area is 93.5 Å². The SMILES string of the molecule is COc1cc(C(C)(C)C(C)C)ccc1C. The van der Waals surface area contributed by atoms with Crippen molar-refractivity contribution in [3.8, 4) is 5.75 Å². The molecule has 0 amide bonds. The van der Waals surface area contributed by atoms with Crippen molar-refractivity contribution in [3.63, 3.8) is 0 Å². The number of hydrogen-bond acceptors (Lipinski definition) is 1. The Kier molecular flexibility index (Phi) is 3.43. The lowest BCUT2D eigenvalue weighted by Crippen LogP contribution is -2.24. The van der Waals surface area contributed by atoms with Gasteiger partial charge in [0, 0.05) is 0 Å². The zero-order chi connectivity index (χ0) is 11.6. The highest BCUT2D eigenvalue weighted by Gasteiger charge is 2.25. The molecule has 0 aliphatic rings. The average molecular weight is 206 g/mol. The first kappa shape index (κ1) is 12.1. The van der Waals surface area contributed by atoms with Gasteiger partial charge in [-0.3, -0.25) is 0 Å². The van der Waals surface area contributed by atoms with Gasteiger partial charge in [0.25, 0.3) is 0 Å². The number of aryl methyl sites for hydroxylation is 1. The van der Waals surface area contributed by atoms with Crippen molar-refractivity contribution in [1.82, 2.24) is 0 Å². The van der Waals surface area contributed by atoms with Crippen molar-refractivity contribution in [1.29, 1.82) is 0 Å². The molecule has 0 aliphatic carbocycles. The normalized spacial score (nSPS) is 11.9. The molecule has 0 saturated carbocycles. The number of methoxy groups -OCH3 is 1. The summed E-state index contributed by atoms with van der Waals surface area (Å²) in [6.45, 7) is 11.1. The van der Waals surface area contributed by atoms with Gasteiger partial charge in [-0.1, -0.05) is 39.8 Å². The minimum absolute atomic E-state index is 0.195. The lowest BCUT2D eigenvalue weighted by Gasteiger charge is -2.30. The van der Waals surface area contributed by atoms with E-state index in [1.807, 2.05) is 0 Å². The maximum absolute atomic E-state index is 5.36. The number of ether oxygens (including phenoxy) is 1. The highest BCUT2D eigenvalue weighted by molar-refractivity contribution is 5.39. The first-order valence-corrected chi connectivity index (χ1v) is 5.54. The first-order valence-electron chi connectivity index (χ1n) is 5.54. The molecular weight excluding hydrogens is 184 g/mol. The fourth-order valence-corrected chi connectivity index (χ4v) is 1.55. The molecule has 0 heterocycles. The van der Waals surface area contributed by atoms with E-state index in [1.54, 1.807) is 7.11 Å². The minimum atomic E-state index is 0.195. The molecule has 0 aliphatic heterocycles. The Morgan fingerprint density at radius 2 is 1.80 bits per heavy atom. The quantitative estimate of drug-likeness (QED) is 0.728. The molecule has 0 aromatic heterocycles. The lowest BCUT2D eigenvalue weighted by atomic mass is 9.75. The van der Waals surface area contributed by atoms with Gasteiger partial charge in [0.05, 0.1) is 7.11 Å². The summed E-state index contributed by atoms with van der Waals surface area (Å²) in [6, 6.07) is 6.51. The number of hydrogen-bond donors (Lipinski definition) is 0. The molecule has 0 saturated heterocycles. The maximum Gasteiger partial charge on any atom is 0.122 e.